The lowest BCUT2D eigenvalue weighted by molar-refractivity contribution is 0.972. The zero-order valence-corrected chi connectivity index (χ0v) is 26.1. The molecule has 0 bridgehead atoms. The highest BCUT2D eigenvalue weighted by Gasteiger charge is 2.29. The van der Waals surface area contributed by atoms with Crippen LogP contribution >= 0.6 is 0 Å². The Morgan fingerprint density at radius 3 is 1.60 bits per heavy atom. The van der Waals surface area contributed by atoms with E-state index >= 15 is 0 Å². The average Bonchev–Trinajstić information content (AvgIpc) is 3.53. The molecule has 0 fully saturated rings. The molecule has 228 valence electrons. The number of nitrogens with one attached hydrogen (secondary N) is 2. The second-order valence-electron chi connectivity index (χ2n) is 12.2. The van der Waals surface area contributed by atoms with Gasteiger partial charge >= 0.3 is 0 Å². The number of anilines is 2. The minimum absolute atomic E-state index is 0.0505. The van der Waals surface area contributed by atoms with Crippen LogP contribution in [0.15, 0.2) is 175 Å². The second kappa shape index (κ2) is 11.4. The zero-order valence-electron chi connectivity index (χ0n) is 26.1. The molecule has 0 atom stereocenters. The third-order valence-corrected chi connectivity index (χ3v) is 9.48. The van der Waals surface area contributed by atoms with Crippen molar-refractivity contribution in [3.63, 3.8) is 0 Å². The highest BCUT2D eigenvalue weighted by Crippen LogP contribution is 2.46. The van der Waals surface area contributed by atoms with Crippen molar-refractivity contribution in [1.29, 1.82) is 0 Å². The first-order valence-corrected chi connectivity index (χ1v) is 16.3. The van der Waals surface area contributed by atoms with Crippen LogP contribution < -0.4 is 10.7 Å². The Morgan fingerprint density at radius 1 is 0.438 bits per heavy atom. The van der Waals surface area contributed by atoms with E-state index in [2.05, 4.69) is 142 Å². The van der Waals surface area contributed by atoms with E-state index in [1.807, 2.05) is 42.5 Å². The van der Waals surface area contributed by atoms with E-state index in [1.54, 1.807) is 0 Å². The van der Waals surface area contributed by atoms with Gasteiger partial charge in [-0.1, -0.05) is 115 Å². The summed E-state index contributed by atoms with van der Waals surface area (Å²) in [4.78, 5) is 17.5. The number of para-hydroxylation sites is 6. The van der Waals surface area contributed by atoms with Gasteiger partial charge in [-0.3, -0.25) is 4.79 Å². The Bertz CT molecular complexity index is 2590. The van der Waals surface area contributed by atoms with E-state index in [9.17, 15) is 4.79 Å². The van der Waals surface area contributed by atoms with Gasteiger partial charge in [0, 0.05) is 50.2 Å². The van der Waals surface area contributed by atoms with Crippen LogP contribution in [-0.2, 0) is 0 Å². The lowest BCUT2D eigenvalue weighted by Gasteiger charge is -2.30. The number of aromatic nitrogens is 2. The molecule has 1 aliphatic heterocycles. The topological polar surface area (TPSA) is 49.8 Å². The molecule has 0 unspecified atom stereocenters. The molecule has 1 aliphatic rings. The fraction of sp³-hybridized carbons (Fsp3) is 0.0227. The Labute approximate surface area is 277 Å². The van der Waals surface area contributed by atoms with Gasteiger partial charge in [0.1, 0.15) is 0 Å². The van der Waals surface area contributed by atoms with Crippen LogP contribution in [0.1, 0.15) is 22.6 Å². The first kappa shape index (κ1) is 27.9. The van der Waals surface area contributed by atoms with Gasteiger partial charge in [-0.15, -0.1) is 0 Å². The van der Waals surface area contributed by atoms with Crippen molar-refractivity contribution in [3.8, 4) is 5.69 Å². The number of H-pyrrole nitrogens is 1. The molecule has 0 amide bonds. The number of aromatic amines is 1. The van der Waals surface area contributed by atoms with Gasteiger partial charge in [0.25, 0.3) is 0 Å². The number of rotatable bonds is 2. The summed E-state index contributed by atoms with van der Waals surface area (Å²) in [6, 6.07) is 58.0. The van der Waals surface area contributed by atoms with Gasteiger partial charge in [0.2, 0.25) is 0 Å². The van der Waals surface area contributed by atoms with Crippen LogP contribution in [0.2, 0.25) is 0 Å². The Balaban J connectivity index is 0.000000201. The van der Waals surface area contributed by atoms with Gasteiger partial charge < -0.3 is 14.9 Å². The Morgan fingerprint density at radius 2 is 0.938 bits per heavy atom. The molecule has 2 N–H and O–H groups in total. The largest absolute Gasteiger partial charge is 0.355 e. The number of benzene rings is 7. The van der Waals surface area contributed by atoms with E-state index in [1.165, 1.54) is 32.9 Å². The summed E-state index contributed by atoms with van der Waals surface area (Å²) in [7, 11) is 0. The molecular formula is C44H31N3O. The molecule has 10 rings (SSSR count). The van der Waals surface area contributed by atoms with Crippen molar-refractivity contribution >= 4 is 55.0 Å². The molecule has 9 aromatic rings. The van der Waals surface area contributed by atoms with E-state index in [-0.39, 0.29) is 11.3 Å². The molecule has 0 radical (unpaired) electrons. The van der Waals surface area contributed by atoms with Crippen molar-refractivity contribution in [2.75, 3.05) is 5.32 Å². The molecule has 0 saturated heterocycles. The predicted octanol–water partition coefficient (Wildman–Crippen LogP) is 10.7. The van der Waals surface area contributed by atoms with Crippen LogP contribution in [0.3, 0.4) is 0 Å². The molecule has 2 aromatic heterocycles. The third-order valence-electron chi connectivity index (χ3n) is 9.48. The summed E-state index contributed by atoms with van der Waals surface area (Å²) in [5.74, 6) is -0.0505. The monoisotopic (exact) mass is 617 g/mol. The lowest BCUT2D eigenvalue weighted by atomic mass is 9.79. The molecule has 7 aromatic carbocycles. The number of pyridine rings is 1. The quantitative estimate of drug-likeness (QED) is 0.190. The van der Waals surface area contributed by atoms with Crippen molar-refractivity contribution in [3.05, 3.63) is 197 Å². The van der Waals surface area contributed by atoms with Crippen molar-refractivity contribution < 1.29 is 0 Å². The third kappa shape index (κ3) is 4.50. The van der Waals surface area contributed by atoms with Crippen LogP contribution in [0.4, 0.5) is 11.4 Å². The van der Waals surface area contributed by atoms with Crippen molar-refractivity contribution in [2.24, 2.45) is 0 Å². The normalized spacial score (nSPS) is 12.3. The summed E-state index contributed by atoms with van der Waals surface area (Å²) >= 11 is 0. The number of hydrogen-bond acceptors (Lipinski definition) is 2. The fourth-order valence-electron chi connectivity index (χ4n) is 7.38. The molecule has 48 heavy (non-hydrogen) atoms. The maximum Gasteiger partial charge on any atom is 0.197 e. The summed E-state index contributed by atoms with van der Waals surface area (Å²) in [5.41, 5.74) is 10.9. The molecule has 0 saturated carbocycles. The smallest absolute Gasteiger partial charge is 0.197 e. The van der Waals surface area contributed by atoms with E-state index in [0.717, 1.165) is 44.4 Å². The number of fused-ring (bicyclic) bond motifs is 7. The predicted molar refractivity (Wildman–Crippen MR) is 200 cm³/mol. The maximum atomic E-state index is 14.1. The van der Waals surface area contributed by atoms with Crippen LogP contribution in [-0.4, -0.2) is 9.55 Å². The van der Waals surface area contributed by atoms with Gasteiger partial charge in [-0.05, 0) is 71.3 Å². The summed E-state index contributed by atoms with van der Waals surface area (Å²) in [6.45, 7) is 0. The van der Waals surface area contributed by atoms with Gasteiger partial charge in [-0.2, -0.15) is 0 Å². The van der Waals surface area contributed by atoms with Crippen molar-refractivity contribution in [2.45, 2.75) is 5.92 Å². The molecule has 4 heteroatoms. The van der Waals surface area contributed by atoms with Crippen LogP contribution in [0, 0.1) is 0 Å². The van der Waals surface area contributed by atoms with Crippen LogP contribution in [0.25, 0.3) is 49.3 Å². The first-order valence-electron chi connectivity index (χ1n) is 16.3. The van der Waals surface area contributed by atoms with Gasteiger partial charge in [0.15, 0.2) is 5.43 Å². The first-order chi connectivity index (χ1) is 23.8. The van der Waals surface area contributed by atoms with E-state index in [0.29, 0.717) is 0 Å². The molecular weight excluding hydrogens is 587 g/mol. The molecule has 0 spiro atoms. The Hall–Kier alpha value is -6.39. The van der Waals surface area contributed by atoms with Gasteiger partial charge in [-0.25, -0.2) is 0 Å². The van der Waals surface area contributed by atoms with E-state index < -0.39 is 0 Å². The summed E-state index contributed by atoms with van der Waals surface area (Å²) in [6.07, 6.45) is 0. The Kier molecular flexibility index (Phi) is 6.65. The fourth-order valence-corrected chi connectivity index (χ4v) is 7.38. The zero-order chi connectivity index (χ0) is 32.0. The number of hydrogen-bond donors (Lipinski definition) is 2. The van der Waals surface area contributed by atoms with E-state index in [4.69, 9.17) is 0 Å². The van der Waals surface area contributed by atoms with Crippen molar-refractivity contribution in [1.82, 2.24) is 9.55 Å². The average molecular weight is 618 g/mol. The lowest BCUT2D eigenvalue weighted by Crippen LogP contribution is -2.18. The highest BCUT2D eigenvalue weighted by atomic mass is 16.1. The SMILES string of the molecule is O=c1c2ccccc2n(-c2ccccc2)c2cccc(C3c4ccccc4Nc4ccccc43)c12.c1ccc2c(c1)[nH]c1ccccc12. The van der Waals surface area contributed by atoms with Gasteiger partial charge in [0.05, 0.1) is 16.4 Å². The molecule has 4 nitrogen and oxygen atoms in total. The minimum Gasteiger partial charge on any atom is -0.355 e. The summed E-state index contributed by atoms with van der Waals surface area (Å²) in [5, 5.41) is 7.69. The second-order valence-corrected chi connectivity index (χ2v) is 12.2. The highest BCUT2D eigenvalue weighted by molar-refractivity contribution is 6.07. The van der Waals surface area contributed by atoms with Crippen LogP contribution in [0.5, 0.6) is 0 Å². The molecule has 0 aliphatic carbocycles. The standard InChI is InChI=1S/C32H22N2O.C12H9N/c35-32-24-15-6-9-19-28(24)34(21-11-2-1-3-12-21)29-20-10-16-25(31(29)32)30-22-13-4-7-17-26(22)33-27-18-8-5-14-23(27)30;1-3-7-11-9(5-1)10-6-2-4-8-12(10)13-11/h1-20,30,33H;1-8,13H. The molecule has 3 heterocycles. The summed E-state index contributed by atoms with van der Waals surface area (Å²) < 4.78 is 2.22. The maximum absolute atomic E-state index is 14.1. The number of nitrogens with zero attached hydrogens (tertiary/aromatic N) is 1. The minimum atomic E-state index is -0.0505.